The van der Waals surface area contributed by atoms with E-state index in [0.717, 1.165) is 28.6 Å². The summed E-state index contributed by atoms with van der Waals surface area (Å²) in [7, 11) is -3.29. The van der Waals surface area contributed by atoms with E-state index in [1.165, 1.54) is 4.31 Å². The number of halogens is 1. The smallest absolute Gasteiger partial charge is 0.255 e. The molecule has 1 amide bonds. The van der Waals surface area contributed by atoms with E-state index in [1.54, 1.807) is 24.3 Å². The molecule has 0 saturated heterocycles. The highest BCUT2D eigenvalue weighted by molar-refractivity contribution is 9.10. The lowest BCUT2D eigenvalue weighted by Crippen LogP contribution is -2.37. The highest BCUT2D eigenvalue weighted by Crippen LogP contribution is 2.32. The van der Waals surface area contributed by atoms with Gasteiger partial charge in [-0.1, -0.05) is 22.9 Å². The van der Waals surface area contributed by atoms with Crippen molar-refractivity contribution in [3.05, 3.63) is 58.1 Å². The number of carbonyl (C=O) groups excluding carboxylic acids is 1. The van der Waals surface area contributed by atoms with Crippen LogP contribution in [-0.4, -0.2) is 26.6 Å². The second-order valence-electron chi connectivity index (χ2n) is 6.30. The number of sulfonamides is 1. The van der Waals surface area contributed by atoms with Crippen LogP contribution < -0.4 is 9.62 Å². The number of carbonyl (C=O) groups is 1. The molecule has 0 spiro atoms. The first kappa shape index (κ1) is 18.9. The van der Waals surface area contributed by atoms with Gasteiger partial charge in [-0.25, -0.2) is 8.42 Å². The van der Waals surface area contributed by atoms with Crippen molar-refractivity contribution in [3.8, 4) is 0 Å². The molecule has 3 rings (SSSR count). The number of aryl methyl sites for hydroxylation is 1. The first-order valence-corrected chi connectivity index (χ1v) is 11.0. The standard InChI is InChI=1S/C19H21BrN2O3S/c1-2-12-26(24,25)22-11-3-4-15-13-17(9-10-18(15)22)21-19(23)14-5-7-16(20)8-6-14/h5-10,13H,2-4,11-12H2,1H3,(H,21,23). The molecule has 2 aromatic carbocycles. The second kappa shape index (κ2) is 7.80. The van der Waals surface area contributed by atoms with Gasteiger partial charge in [0.15, 0.2) is 0 Å². The van der Waals surface area contributed by atoms with E-state index in [9.17, 15) is 13.2 Å². The summed E-state index contributed by atoms with van der Waals surface area (Å²) >= 11 is 3.35. The Hall–Kier alpha value is -1.86. The van der Waals surface area contributed by atoms with E-state index >= 15 is 0 Å². The molecule has 0 atom stereocenters. The van der Waals surface area contributed by atoms with Crippen LogP contribution in [0.1, 0.15) is 35.7 Å². The van der Waals surface area contributed by atoms with E-state index in [-0.39, 0.29) is 11.7 Å². The molecule has 0 aliphatic carbocycles. The van der Waals surface area contributed by atoms with Gasteiger partial charge in [0, 0.05) is 22.3 Å². The van der Waals surface area contributed by atoms with Gasteiger partial charge in [0.2, 0.25) is 10.0 Å². The van der Waals surface area contributed by atoms with Crippen LogP contribution in [0, 0.1) is 0 Å². The van der Waals surface area contributed by atoms with Crippen LogP contribution in [0.25, 0.3) is 0 Å². The number of nitrogens with zero attached hydrogens (tertiary/aromatic N) is 1. The van der Waals surface area contributed by atoms with Crippen LogP contribution in [0.5, 0.6) is 0 Å². The van der Waals surface area contributed by atoms with Crippen molar-refractivity contribution < 1.29 is 13.2 Å². The quantitative estimate of drug-likeness (QED) is 0.763. The van der Waals surface area contributed by atoms with Crippen molar-refractivity contribution in [1.29, 1.82) is 0 Å². The number of hydrogen-bond donors (Lipinski definition) is 1. The monoisotopic (exact) mass is 436 g/mol. The van der Waals surface area contributed by atoms with E-state index in [0.29, 0.717) is 24.2 Å². The highest BCUT2D eigenvalue weighted by Gasteiger charge is 2.26. The molecule has 7 heteroatoms. The van der Waals surface area contributed by atoms with E-state index in [4.69, 9.17) is 0 Å². The third kappa shape index (κ3) is 4.10. The number of rotatable bonds is 5. The fourth-order valence-electron chi connectivity index (χ4n) is 3.10. The Balaban J connectivity index is 1.82. The van der Waals surface area contributed by atoms with Crippen molar-refractivity contribution in [2.24, 2.45) is 0 Å². The van der Waals surface area contributed by atoms with E-state index in [1.807, 2.05) is 25.1 Å². The third-order valence-corrected chi connectivity index (χ3v) is 6.82. The Morgan fingerprint density at radius 2 is 1.92 bits per heavy atom. The van der Waals surface area contributed by atoms with Gasteiger partial charge in [-0.3, -0.25) is 9.10 Å². The third-order valence-electron chi connectivity index (χ3n) is 4.32. The first-order chi connectivity index (χ1) is 12.4. The van der Waals surface area contributed by atoms with Crippen LogP contribution >= 0.6 is 15.9 Å². The van der Waals surface area contributed by atoms with Gasteiger partial charge in [0.05, 0.1) is 11.4 Å². The minimum Gasteiger partial charge on any atom is -0.322 e. The van der Waals surface area contributed by atoms with Crippen molar-refractivity contribution >= 4 is 43.2 Å². The minimum absolute atomic E-state index is 0.147. The van der Waals surface area contributed by atoms with Gasteiger partial charge in [-0.2, -0.15) is 0 Å². The Morgan fingerprint density at radius 1 is 1.19 bits per heavy atom. The van der Waals surface area contributed by atoms with Crippen LogP contribution in [-0.2, 0) is 16.4 Å². The number of fused-ring (bicyclic) bond motifs is 1. The summed E-state index contributed by atoms with van der Waals surface area (Å²) < 4.78 is 27.4. The molecule has 1 aliphatic heterocycles. The van der Waals surface area contributed by atoms with Crippen LogP contribution in [0.4, 0.5) is 11.4 Å². The summed E-state index contributed by atoms with van der Waals surface area (Å²) in [5, 5.41) is 2.88. The topological polar surface area (TPSA) is 66.5 Å². The van der Waals surface area contributed by atoms with Gasteiger partial charge in [0.25, 0.3) is 5.91 Å². The Labute approximate surface area is 162 Å². The second-order valence-corrected chi connectivity index (χ2v) is 9.22. The molecule has 5 nitrogen and oxygen atoms in total. The minimum atomic E-state index is -3.29. The molecule has 1 N–H and O–H groups in total. The lowest BCUT2D eigenvalue weighted by Gasteiger charge is -2.30. The number of hydrogen-bond acceptors (Lipinski definition) is 3. The van der Waals surface area contributed by atoms with Gasteiger partial charge < -0.3 is 5.32 Å². The summed E-state index contributed by atoms with van der Waals surface area (Å²) in [6, 6.07) is 12.6. The van der Waals surface area contributed by atoms with Crippen LogP contribution in [0.2, 0.25) is 0 Å². The summed E-state index contributed by atoms with van der Waals surface area (Å²) in [4.78, 5) is 12.4. The molecule has 0 saturated carbocycles. The summed E-state index contributed by atoms with van der Waals surface area (Å²) in [6.45, 7) is 2.38. The number of anilines is 2. The number of amides is 1. The van der Waals surface area contributed by atoms with Gasteiger partial charge >= 0.3 is 0 Å². The largest absolute Gasteiger partial charge is 0.322 e. The maximum absolute atomic E-state index is 12.5. The molecule has 1 aliphatic rings. The molecule has 1 heterocycles. The molecule has 0 bridgehead atoms. The molecule has 138 valence electrons. The molecule has 0 aromatic heterocycles. The van der Waals surface area contributed by atoms with Gasteiger partial charge in [-0.15, -0.1) is 0 Å². The Bertz CT molecular complexity index is 911. The fourth-order valence-corrected chi connectivity index (χ4v) is 4.99. The van der Waals surface area contributed by atoms with Crippen molar-refractivity contribution in [1.82, 2.24) is 0 Å². The van der Waals surface area contributed by atoms with Gasteiger partial charge in [0.1, 0.15) is 0 Å². The predicted molar refractivity (Wildman–Crippen MR) is 108 cm³/mol. The van der Waals surface area contributed by atoms with Crippen LogP contribution in [0.3, 0.4) is 0 Å². The average Bonchev–Trinajstić information content (AvgIpc) is 2.61. The Kier molecular flexibility index (Phi) is 5.67. The number of benzene rings is 2. The van der Waals surface area contributed by atoms with Crippen molar-refractivity contribution in [2.75, 3.05) is 21.9 Å². The zero-order chi connectivity index (χ0) is 18.7. The lowest BCUT2D eigenvalue weighted by atomic mass is 10.0. The predicted octanol–water partition coefficient (Wildman–Crippen LogP) is 4.19. The van der Waals surface area contributed by atoms with Crippen LogP contribution in [0.15, 0.2) is 46.9 Å². The van der Waals surface area contributed by atoms with Gasteiger partial charge in [-0.05, 0) is 67.3 Å². The van der Waals surface area contributed by atoms with E-state index < -0.39 is 10.0 Å². The van der Waals surface area contributed by atoms with E-state index in [2.05, 4.69) is 21.2 Å². The molecular formula is C19H21BrN2O3S. The molecule has 0 unspecified atom stereocenters. The molecule has 2 aromatic rings. The zero-order valence-corrected chi connectivity index (χ0v) is 16.9. The highest BCUT2D eigenvalue weighted by atomic mass is 79.9. The molecule has 0 radical (unpaired) electrons. The lowest BCUT2D eigenvalue weighted by molar-refractivity contribution is 0.102. The Morgan fingerprint density at radius 3 is 2.62 bits per heavy atom. The normalized spacial score (nSPS) is 14.0. The maximum atomic E-state index is 12.5. The summed E-state index contributed by atoms with van der Waals surface area (Å²) in [6.07, 6.45) is 2.17. The SMILES string of the molecule is CCCS(=O)(=O)N1CCCc2cc(NC(=O)c3ccc(Br)cc3)ccc21. The molecular weight excluding hydrogens is 416 g/mol. The first-order valence-electron chi connectivity index (χ1n) is 8.61. The summed E-state index contributed by atoms with van der Waals surface area (Å²) in [5.74, 6) is -0.0437. The van der Waals surface area contributed by atoms with Crippen molar-refractivity contribution in [3.63, 3.8) is 0 Å². The number of nitrogens with one attached hydrogen (secondary N) is 1. The average molecular weight is 437 g/mol. The fraction of sp³-hybridized carbons (Fsp3) is 0.316. The maximum Gasteiger partial charge on any atom is 0.255 e. The zero-order valence-electron chi connectivity index (χ0n) is 14.5. The molecule has 0 fully saturated rings. The summed E-state index contributed by atoms with van der Waals surface area (Å²) in [5.41, 5.74) is 2.92. The molecule has 26 heavy (non-hydrogen) atoms. The van der Waals surface area contributed by atoms with Crippen molar-refractivity contribution in [2.45, 2.75) is 26.2 Å².